The third kappa shape index (κ3) is 3.66. The molecule has 1 aliphatic rings. The first kappa shape index (κ1) is 15.6. The molecule has 1 aliphatic heterocycles. The first-order valence-corrected chi connectivity index (χ1v) is 7.89. The topological polar surface area (TPSA) is 35.5 Å². The predicted octanol–water partition coefficient (Wildman–Crippen LogP) is 3.19. The Kier molecular flexibility index (Phi) is 5.70. The zero-order valence-corrected chi connectivity index (χ0v) is 13.2. The number of benzene rings is 1. The lowest BCUT2D eigenvalue weighted by atomic mass is 10.00. The lowest BCUT2D eigenvalue weighted by molar-refractivity contribution is 0.240. The quantitative estimate of drug-likeness (QED) is 0.876. The molecule has 0 radical (unpaired) electrons. The van der Waals surface area contributed by atoms with Crippen molar-refractivity contribution in [3.63, 3.8) is 0 Å². The normalized spacial score (nSPS) is 19.6. The van der Waals surface area contributed by atoms with E-state index in [0.29, 0.717) is 6.04 Å². The number of aliphatic hydroxyl groups is 1. The number of rotatable bonds is 5. The molecule has 1 saturated heterocycles. The Morgan fingerprint density at radius 2 is 2.20 bits per heavy atom. The maximum Gasteiger partial charge on any atom is 0.0635 e. The van der Waals surface area contributed by atoms with E-state index in [-0.39, 0.29) is 12.6 Å². The largest absolute Gasteiger partial charge is 0.394 e. The molecule has 1 aromatic carbocycles. The molecule has 0 aromatic heterocycles. The van der Waals surface area contributed by atoms with Gasteiger partial charge in [0.2, 0.25) is 0 Å². The van der Waals surface area contributed by atoms with Crippen LogP contribution >= 0.6 is 11.6 Å². The summed E-state index contributed by atoms with van der Waals surface area (Å²) in [5.41, 5.74) is 2.31. The molecule has 0 saturated carbocycles. The fourth-order valence-electron chi connectivity index (χ4n) is 2.81. The lowest BCUT2D eigenvalue weighted by Gasteiger charge is -2.38. The van der Waals surface area contributed by atoms with Crippen molar-refractivity contribution in [1.82, 2.24) is 5.32 Å². The van der Waals surface area contributed by atoms with E-state index in [0.717, 1.165) is 30.1 Å². The average molecular weight is 297 g/mol. The summed E-state index contributed by atoms with van der Waals surface area (Å²) in [4.78, 5) is 2.33. The second-order valence-corrected chi connectivity index (χ2v) is 6.21. The second kappa shape index (κ2) is 7.30. The van der Waals surface area contributed by atoms with E-state index < -0.39 is 0 Å². The van der Waals surface area contributed by atoms with E-state index in [1.54, 1.807) is 0 Å². The second-order valence-electron chi connectivity index (χ2n) is 5.80. The van der Waals surface area contributed by atoms with Crippen molar-refractivity contribution in [1.29, 1.82) is 0 Å². The molecule has 4 heteroatoms. The van der Waals surface area contributed by atoms with Crippen molar-refractivity contribution >= 4 is 17.3 Å². The first-order chi connectivity index (χ1) is 9.63. The molecule has 1 aromatic rings. The van der Waals surface area contributed by atoms with Gasteiger partial charge in [0.15, 0.2) is 0 Å². The van der Waals surface area contributed by atoms with Crippen LogP contribution in [0.3, 0.4) is 0 Å². The van der Waals surface area contributed by atoms with Crippen molar-refractivity contribution in [2.75, 3.05) is 18.1 Å². The SMILES string of the molecule is CC(C)NCc1c(Cl)cccc1N1CCCCC1CO. The summed E-state index contributed by atoms with van der Waals surface area (Å²) in [7, 11) is 0. The summed E-state index contributed by atoms with van der Waals surface area (Å²) in [5.74, 6) is 0. The number of hydrogen-bond donors (Lipinski definition) is 2. The van der Waals surface area contributed by atoms with Gasteiger partial charge in [-0.05, 0) is 31.4 Å². The molecular weight excluding hydrogens is 272 g/mol. The van der Waals surface area contributed by atoms with Gasteiger partial charge in [-0.3, -0.25) is 0 Å². The number of hydrogen-bond acceptors (Lipinski definition) is 3. The van der Waals surface area contributed by atoms with Crippen molar-refractivity contribution in [3.05, 3.63) is 28.8 Å². The van der Waals surface area contributed by atoms with E-state index >= 15 is 0 Å². The number of piperidine rings is 1. The highest BCUT2D eigenvalue weighted by Crippen LogP contribution is 2.32. The number of halogens is 1. The minimum atomic E-state index is 0.212. The third-order valence-corrected chi connectivity index (χ3v) is 4.28. The van der Waals surface area contributed by atoms with Gasteiger partial charge in [0.1, 0.15) is 0 Å². The molecule has 112 valence electrons. The molecule has 0 bridgehead atoms. The molecule has 1 unspecified atom stereocenters. The van der Waals surface area contributed by atoms with Gasteiger partial charge < -0.3 is 15.3 Å². The molecule has 2 rings (SSSR count). The number of aliphatic hydroxyl groups excluding tert-OH is 1. The van der Waals surface area contributed by atoms with Crippen LogP contribution in [0.4, 0.5) is 5.69 Å². The van der Waals surface area contributed by atoms with Crippen molar-refractivity contribution in [3.8, 4) is 0 Å². The zero-order valence-electron chi connectivity index (χ0n) is 12.4. The van der Waals surface area contributed by atoms with Gasteiger partial charge >= 0.3 is 0 Å². The summed E-state index contributed by atoms with van der Waals surface area (Å²) in [6.07, 6.45) is 3.43. The van der Waals surface area contributed by atoms with Gasteiger partial charge in [0.25, 0.3) is 0 Å². The van der Waals surface area contributed by atoms with Gasteiger partial charge in [-0.15, -0.1) is 0 Å². The smallest absolute Gasteiger partial charge is 0.0635 e. The molecule has 3 nitrogen and oxygen atoms in total. The Labute approximate surface area is 126 Å². The molecule has 1 fully saturated rings. The maximum atomic E-state index is 9.61. The first-order valence-electron chi connectivity index (χ1n) is 7.51. The number of nitrogens with zero attached hydrogens (tertiary/aromatic N) is 1. The lowest BCUT2D eigenvalue weighted by Crippen LogP contribution is -2.42. The molecule has 0 amide bonds. The van der Waals surface area contributed by atoms with Gasteiger partial charge in [0, 0.05) is 35.4 Å². The fraction of sp³-hybridized carbons (Fsp3) is 0.625. The Balaban J connectivity index is 2.27. The number of nitrogens with one attached hydrogen (secondary N) is 1. The van der Waals surface area contributed by atoms with E-state index in [9.17, 15) is 5.11 Å². The van der Waals surface area contributed by atoms with Crippen molar-refractivity contribution < 1.29 is 5.11 Å². The van der Waals surface area contributed by atoms with Crippen molar-refractivity contribution in [2.24, 2.45) is 0 Å². The third-order valence-electron chi connectivity index (χ3n) is 3.93. The summed E-state index contributed by atoms with van der Waals surface area (Å²) in [5, 5.41) is 13.9. The summed E-state index contributed by atoms with van der Waals surface area (Å²) >= 11 is 6.39. The van der Waals surface area contributed by atoms with Crippen LogP contribution in [-0.2, 0) is 6.54 Å². The highest BCUT2D eigenvalue weighted by molar-refractivity contribution is 6.31. The van der Waals surface area contributed by atoms with Crippen LogP contribution < -0.4 is 10.2 Å². The predicted molar refractivity (Wildman–Crippen MR) is 85.5 cm³/mol. The molecule has 2 N–H and O–H groups in total. The van der Waals surface area contributed by atoms with Crippen molar-refractivity contribution in [2.45, 2.75) is 51.7 Å². The molecular formula is C16H25ClN2O. The summed E-state index contributed by atoms with van der Waals surface area (Å²) < 4.78 is 0. The number of anilines is 1. The Morgan fingerprint density at radius 3 is 2.90 bits per heavy atom. The summed E-state index contributed by atoms with van der Waals surface area (Å²) in [6, 6.07) is 6.71. The van der Waals surface area contributed by atoms with Gasteiger partial charge in [-0.25, -0.2) is 0 Å². The Morgan fingerprint density at radius 1 is 1.40 bits per heavy atom. The molecule has 0 spiro atoms. The van der Waals surface area contributed by atoms with E-state index in [2.05, 4.69) is 30.1 Å². The average Bonchev–Trinajstić information content (AvgIpc) is 2.45. The van der Waals surface area contributed by atoms with Crippen LogP contribution in [0.25, 0.3) is 0 Å². The van der Waals surface area contributed by atoms with E-state index in [1.165, 1.54) is 18.5 Å². The molecule has 1 atom stereocenters. The van der Waals surface area contributed by atoms with E-state index in [4.69, 9.17) is 11.6 Å². The van der Waals surface area contributed by atoms with E-state index in [1.807, 2.05) is 12.1 Å². The minimum Gasteiger partial charge on any atom is -0.394 e. The fourth-order valence-corrected chi connectivity index (χ4v) is 3.04. The minimum absolute atomic E-state index is 0.212. The van der Waals surface area contributed by atoms with Crippen LogP contribution in [0, 0.1) is 0 Å². The van der Waals surface area contributed by atoms with Crippen LogP contribution in [0.2, 0.25) is 5.02 Å². The highest BCUT2D eigenvalue weighted by Gasteiger charge is 2.24. The molecule has 20 heavy (non-hydrogen) atoms. The Bertz CT molecular complexity index is 436. The Hall–Kier alpha value is -0.770. The highest BCUT2D eigenvalue weighted by atomic mass is 35.5. The summed E-state index contributed by atoms with van der Waals surface area (Å²) in [6.45, 7) is 6.24. The van der Waals surface area contributed by atoms with Crippen LogP contribution in [0.1, 0.15) is 38.7 Å². The van der Waals surface area contributed by atoms with Crippen LogP contribution in [-0.4, -0.2) is 30.3 Å². The monoisotopic (exact) mass is 296 g/mol. The van der Waals surface area contributed by atoms with Gasteiger partial charge in [0.05, 0.1) is 12.6 Å². The van der Waals surface area contributed by atoms with Crippen LogP contribution in [0.5, 0.6) is 0 Å². The molecule has 0 aliphatic carbocycles. The zero-order chi connectivity index (χ0) is 14.5. The van der Waals surface area contributed by atoms with Gasteiger partial charge in [-0.1, -0.05) is 31.5 Å². The standard InChI is InChI=1S/C16H25ClN2O/c1-12(2)18-10-14-15(17)7-5-8-16(14)19-9-4-3-6-13(19)11-20/h5,7-8,12-13,18,20H,3-4,6,9-11H2,1-2H3. The van der Waals surface area contributed by atoms with Gasteiger partial charge in [-0.2, -0.15) is 0 Å². The maximum absolute atomic E-state index is 9.61. The van der Waals surface area contributed by atoms with Crippen LogP contribution in [0.15, 0.2) is 18.2 Å². The molecule has 1 heterocycles.